The molecule has 0 bridgehead atoms. The van der Waals surface area contributed by atoms with Crippen molar-refractivity contribution in [2.45, 2.75) is 136 Å². The topological polar surface area (TPSA) is 61.5 Å². The van der Waals surface area contributed by atoms with E-state index in [2.05, 4.69) is 27.8 Å². The van der Waals surface area contributed by atoms with Crippen molar-refractivity contribution in [2.24, 2.45) is 0 Å². The highest BCUT2D eigenvalue weighted by atomic mass is 16.0. The Morgan fingerprint density at radius 3 is 0.857 bits per heavy atom. The van der Waals surface area contributed by atoms with Crippen molar-refractivity contribution in [3.05, 3.63) is 0 Å². The summed E-state index contributed by atoms with van der Waals surface area (Å²) in [6, 6.07) is 0. The molecule has 0 aliphatic carbocycles. The third kappa shape index (κ3) is 22.2. The number of nitrogens with zero attached hydrogens (tertiary/aromatic N) is 1. The molecule has 0 radical (unpaired) electrons. The molecule has 0 aromatic heterocycles. The first kappa shape index (κ1) is 32.5. The van der Waals surface area contributed by atoms with Gasteiger partial charge >= 0.3 is 0 Å². The van der Waals surface area contributed by atoms with Gasteiger partial charge in [-0.3, -0.25) is 0 Å². The molecule has 0 aliphatic rings. The molecule has 174 valence electrons. The van der Waals surface area contributed by atoms with Gasteiger partial charge in [-0.1, -0.05) is 97.8 Å². The van der Waals surface area contributed by atoms with Crippen LogP contribution in [0, 0.1) is 0 Å². The molecule has 0 aliphatic heterocycles. The van der Waals surface area contributed by atoms with Crippen LogP contribution in [0.1, 0.15) is 136 Å². The molecule has 0 aromatic carbocycles. The van der Waals surface area contributed by atoms with E-state index in [1.54, 1.807) is 0 Å². The summed E-state index contributed by atoms with van der Waals surface area (Å²) in [6.45, 7) is 11.2. The molecule has 0 unspecified atom stereocenters. The predicted octanol–water partition coefficient (Wildman–Crippen LogP) is 7.51. The van der Waals surface area contributed by atoms with Crippen LogP contribution >= 0.6 is 0 Å². The van der Waals surface area contributed by atoms with Crippen LogP contribution in [0.15, 0.2) is 0 Å². The SMILES string of the molecule is CCCCCCCC[N+](C)(CCCCCCCC)CCCCCCCC.O.[OH-]. The monoisotopic (exact) mass is 403 g/mol. The Kier molecular flexibility index (Phi) is 29.0. The van der Waals surface area contributed by atoms with Crippen molar-refractivity contribution in [2.75, 3.05) is 26.7 Å². The molecule has 0 rings (SSSR count). The van der Waals surface area contributed by atoms with E-state index in [9.17, 15) is 0 Å². The van der Waals surface area contributed by atoms with Crippen LogP contribution in [-0.2, 0) is 0 Å². The zero-order chi connectivity index (χ0) is 19.3. The average Bonchev–Trinajstić information content (AvgIpc) is 2.64. The second kappa shape index (κ2) is 24.9. The number of rotatable bonds is 21. The van der Waals surface area contributed by atoms with Gasteiger partial charge in [0.05, 0.1) is 26.7 Å². The number of unbranched alkanes of at least 4 members (excludes halogenated alkanes) is 15. The van der Waals surface area contributed by atoms with Crippen molar-refractivity contribution in [1.29, 1.82) is 0 Å². The Morgan fingerprint density at radius 1 is 0.393 bits per heavy atom. The van der Waals surface area contributed by atoms with Gasteiger partial charge in [0, 0.05) is 0 Å². The largest absolute Gasteiger partial charge is 0.870 e. The first-order valence-electron chi connectivity index (χ1n) is 12.5. The molecule has 28 heavy (non-hydrogen) atoms. The zero-order valence-electron chi connectivity index (χ0n) is 20.2. The van der Waals surface area contributed by atoms with E-state index in [1.807, 2.05) is 0 Å². The van der Waals surface area contributed by atoms with Crippen molar-refractivity contribution in [1.82, 2.24) is 0 Å². The van der Waals surface area contributed by atoms with Gasteiger partial charge in [-0.25, -0.2) is 0 Å². The fraction of sp³-hybridized carbons (Fsp3) is 1.00. The molecule has 0 amide bonds. The summed E-state index contributed by atoms with van der Waals surface area (Å²) in [5.41, 5.74) is 0. The van der Waals surface area contributed by atoms with Crippen LogP contribution in [0.4, 0.5) is 0 Å². The van der Waals surface area contributed by atoms with Crippen LogP contribution in [0.3, 0.4) is 0 Å². The van der Waals surface area contributed by atoms with Crippen LogP contribution in [0.2, 0.25) is 0 Å². The lowest BCUT2D eigenvalue weighted by atomic mass is 10.1. The summed E-state index contributed by atoms with van der Waals surface area (Å²) in [6.07, 6.45) is 25.9. The van der Waals surface area contributed by atoms with E-state index in [-0.39, 0.29) is 11.0 Å². The Morgan fingerprint density at radius 2 is 0.607 bits per heavy atom. The van der Waals surface area contributed by atoms with E-state index >= 15 is 0 Å². The van der Waals surface area contributed by atoms with Gasteiger partial charge in [-0.05, 0) is 38.5 Å². The smallest absolute Gasteiger partial charge is 0.0784 e. The van der Waals surface area contributed by atoms with Crippen molar-refractivity contribution in [3.63, 3.8) is 0 Å². The van der Waals surface area contributed by atoms with Crippen molar-refractivity contribution in [3.8, 4) is 0 Å². The first-order chi connectivity index (χ1) is 12.7. The maximum atomic E-state index is 2.56. The van der Waals surface area contributed by atoms with Crippen LogP contribution in [0.25, 0.3) is 0 Å². The van der Waals surface area contributed by atoms with Gasteiger partial charge < -0.3 is 15.4 Å². The highest BCUT2D eigenvalue weighted by Crippen LogP contribution is 2.16. The van der Waals surface area contributed by atoms with E-state index < -0.39 is 0 Å². The summed E-state index contributed by atoms with van der Waals surface area (Å²) >= 11 is 0. The van der Waals surface area contributed by atoms with Gasteiger partial charge in [0.25, 0.3) is 0 Å². The minimum Gasteiger partial charge on any atom is -0.870 e. The third-order valence-corrected chi connectivity index (χ3v) is 6.15. The van der Waals surface area contributed by atoms with Gasteiger partial charge in [-0.15, -0.1) is 0 Å². The summed E-state index contributed by atoms with van der Waals surface area (Å²) in [5, 5.41) is 0. The fourth-order valence-corrected chi connectivity index (χ4v) is 4.16. The van der Waals surface area contributed by atoms with Crippen molar-refractivity contribution >= 4 is 0 Å². The number of hydrogen-bond acceptors (Lipinski definition) is 1. The number of hydrogen-bond donors (Lipinski definition) is 0. The molecule has 0 saturated heterocycles. The maximum Gasteiger partial charge on any atom is 0.0784 e. The van der Waals surface area contributed by atoms with Gasteiger partial charge in [-0.2, -0.15) is 0 Å². The standard InChI is InChI=1S/C25H54N.2H2O/c1-5-8-11-14-17-20-23-26(4,24-21-18-15-12-9-6-2)25-22-19-16-13-10-7-3;;/h5-25H2,1-4H3;2*1H2/q+1;;/p-1. The second-order valence-electron chi connectivity index (χ2n) is 9.09. The van der Waals surface area contributed by atoms with Gasteiger partial charge in [0.15, 0.2) is 0 Å². The third-order valence-electron chi connectivity index (χ3n) is 6.15. The molecule has 3 nitrogen and oxygen atoms in total. The minimum absolute atomic E-state index is 0. The lowest BCUT2D eigenvalue weighted by Crippen LogP contribution is -2.46. The summed E-state index contributed by atoms with van der Waals surface area (Å²) in [4.78, 5) is 0. The molecule has 0 aromatic rings. The first-order valence-corrected chi connectivity index (χ1v) is 12.5. The van der Waals surface area contributed by atoms with E-state index in [0.717, 1.165) is 0 Å². The molecule has 0 saturated carbocycles. The van der Waals surface area contributed by atoms with Gasteiger partial charge in [0.2, 0.25) is 0 Å². The Balaban J connectivity index is -0.00000312. The average molecular weight is 404 g/mol. The molecule has 0 fully saturated rings. The Bertz CT molecular complexity index is 230. The lowest BCUT2D eigenvalue weighted by molar-refractivity contribution is -0.910. The maximum absolute atomic E-state index is 2.56. The highest BCUT2D eigenvalue weighted by Gasteiger charge is 2.20. The van der Waals surface area contributed by atoms with Gasteiger partial charge in [0.1, 0.15) is 0 Å². The summed E-state index contributed by atoms with van der Waals surface area (Å²) < 4.78 is 1.36. The van der Waals surface area contributed by atoms with Crippen LogP contribution in [0.5, 0.6) is 0 Å². The lowest BCUT2D eigenvalue weighted by Gasteiger charge is -2.35. The molecule has 0 spiro atoms. The predicted molar refractivity (Wildman–Crippen MR) is 126 cm³/mol. The minimum atomic E-state index is 0. The van der Waals surface area contributed by atoms with E-state index in [0.29, 0.717) is 0 Å². The second-order valence-corrected chi connectivity index (χ2v) is 9.09. The van der Waals surface area contributed by atoms with Crippen molar-refractivity contribution < 1.29 is 15.4 Å². The fourth-order valence-electron chi connectivity index (χ4n) is 4.16. The molecule has 3 heteroatoms. The molecule has 0 atom stereocenters. The highest BCUT2D eigenvalue weighted by molar-refractivity contribution is 4.51. The molecular formula is C25H57NO2. The van der Waals surface area contributed by atoms with Crippen LogP contribution in [-0.4, -0.2) is 42.1 Å². The quantitative estimate of drug-likeness (QED) is 0.144. The zero-order valence-corrected chi connectivity index (χ0v) is 20.2. The Labute approximate surface area is 178 Å². The summed E-state index contributed by atoms with van der Waals surface area (Å²) in [7, 11) is 2.56. The Hall–Kier alpha value is -0.120. The van der Waals surface area contributed by atoms with E-state index in [1.165, 1.54) is 140 Å². The van der Waals surface area contributed by atoms with Crippen LogP contribution < -0.4 is 0 Å². The normalized spacial score (nSPS) is 11.1. The number of quaternary nitrogens is 1. The molecule has 3 N–H and O–H groups in total. The molecule has 0 heterocycles. The van der Waals surface area contributed by atoms with E-state index in [4.69, 9.17) is 0 Å². The summed E-state index contributed by atoms with van der Waals surface area (Å²) in [5.74, 6) is 0. The molecular weight excluding hydrogens is 346 g/mol.